The van der Waals surface area contributed by atoms with Crippen molar-refractivity contribution >= 4 is 23.6 Å². The normalized spacial score (nSPS) is 13.9. The maximum Gasteiger partial charge on any atom is 0.331 e. The van der Waals surface area contributed by atoms with E-state index in [1.807, 2.05) is 66.7 Å². The van der Waals surface area contributed by atoms with Gasteiger partial charge in [0.1, 0.15) is 12.4 Å². The largest absolute Gasteiger partial charge is 0.487 e. The Morgan fingerprint density at radius 2 is 1.85 bits per heavy atom. The molecule has 1 amide bonds. The Balaban J connectivity index is 1.29. The fraction of sp³-hybridized carbons (Fsp3) is 0.222. The molecular weight excluding hydrogens is 416 g/mol. The Kier molecular flexibility index (Phi) is 7.15. The molecule has 0 spiro atoms. The van der Waals surface area contributed by atoms with Gasteiger partial charge in [-0.15, -0.1) is 0 Å². The molecule has 168 valence electrons. The van der Waals surface area contributed by atoms with Crippen molar-refractivity contribution in [2.24, 2.45) is 0 Å². The number of carbonyl (C=O) groups excluding carboxylic acids is 2. The van der Waals surface area contributed by atoms with Crippen LogP contribution in [0.5, 0.6) is 5.75 Å². The smallest absolute Gasteiger partial charge is 0.331 e. The van der Waals surface area contributed by atoms with E-state index in [1.165, 1.54) is 6.08 Å². The van der Waals surface area contributed by atoms with E-state index in [2.05, 4.69) is 4.98 Å². The number of nitrogens with zero attached hydrogens (tertiary/aromatic N) is 2. The highest BCUT2D eigenvalue weighted by atomic mass is 16.5. The number of amides is 1. The molecule has 0 bridgehead atoms. The summed E-state index contributed by atoms with van der Waals surface area (Å²) in [5.41, 5.74) is 3.71. The van der Waals surface area contributed by atoms with Crippen LogP contribution in [0.4, 0.5) is 5.69 Å². The molecule has 0 fully saturated rings. The minimum absolute atomic E-state index is 0.210. The number of aromatic nitrogens is 1. The number of benzene rings is 2. The van der Waals surface area contributed by atoms with Gasteiger partial charge in [0, 0.05) is 24.5 Å². The predicted octanol–water partition coefficient (Wildman–Crippen LogP) is 4.58. The Morgan fingerprint density at radius 1 is 1.06 bits per heavy atom. The third kappa shape index (κ3) is 5.86. The van der Waals surface area contributed by atoms with E-state index in [0.717, 1.165) is 35.3 Å². The number of hydrogen-bond acceptors (Lipinski definition) is 5. The maximum atomic E-state index is 12.9. The monoisotopic (exact) mass is 442 g/mol. The lowest BCUT2D eigenvalue weighted by atomic mass is 10.0. The van der Waals surface area contributed by atoms with Crippen molar-refractivity contribution in [2.75, 3.05) is 11.4 Å². The first kappa shape index (κ1) is 22.3. The van der Waals surface area contributed by atoms with Crippen molar-refractivity contribution in [1.82, 2.24) is 4.98 Å². The molecule has 0 aliphatic carbocycles. The number of aryl methyl sites for hydroxylation is 1. The highest BCUT2D eigenvalue weighted by molar-refractivity contribution is 5.99. The molecule has 3 aromatic rings. The van der Waals surface area contributed by atoms with Gasteiger partial charge in [0.15, 0.2) is 6.10 Å². The molecule has 2 heterocycles. The van der Waals surface area contributed by atoms with E-state index in [-0.39, 0.29) is 5.91 Å². The lowest BCUT2D eigenvalue weighted by Crippen LogP contribution is -2.42. The van der Waals surface area contributed by atoms with Gasteiger partial charge in [0.25, 0.3) is 5.91 Å². The van der Waals surface area contributed by atoms with Gasteiger partial charge in [0.05, 0.1) is 5.69 Å². The summed E-state index contributed by atoms with van der Waals surface area (Å²) in [5.74, 6) is -0.0589. The Bertz CT molecular complexity index is 1130. The fourth-order valence-electron chi connectivity index (χ4n) is 3.73. The molecule has 0 N–H and O–H groups in total. The molecule has 6 nitrogen and oxygen atoms in total. The summed E-state index contributed by atoms with van der Waals surface area (Å²) >= 11 is 0. The van der Waals surface area contributed by atoms with Gasteiger partial charge in [-0.05, 0) is 67.3 Å². The maximum absolute atomic E-state index is 12.9. The minimum Gasteiger partial charge on any atom is -0.487 e. The van der Waals surface area contributed by atoms with Crippen LogP contribution in [-0.2, 0) is 27.4 Å². The number of para-hydroxylation sites is 1. The Labute approximate surface area is 193 Å². The first-order valence-electron chi connectivity index (χ1n) is 11.0. The van der Waals surface area contributed by atoms with E-state index >= 15 is 0 Å². The third-order valence-electron chi connectivity index (χ3n) is 5.42. The highest BCUT2D eigenvalue weighted by Crippen LogP contribution is 2.27. The van der Waals surface area contributed by atoms with Gasteiger partial charge < -0.3 is 14.4 Å². The van der Waals surface area contributed by atoms with Crippen LogP contribution in [0.15, 0.2) is 79.0 Å². The number of anilines is 1. The van der Waals surface area contributed by atoms with E-state index in [0.29, 0.717) is 18.9 Å². The fourth-order valence-corrected chi connectivity index (χ4v) is 3.73. The summed E-state index contributed by atoms with van der Waals surface area (Å²) in [7, 11) is 0. The number of pyridine rings is 1. The van der Waals surface area contributed by atoms with Crippen LogP contribution in [0.25, 0.3) is 6.08 Å². The molecule has 4 rings (SSSR count). The Hall–Kier alpha value is -3.93. The zero-order chi connectivity index (χ0) is 23.0. The van der Waals surface area contributed by atoms with Crippen LogP contribution in [0, 0.1) is 0 Å². The third-order valence-corrected chi connectivity index (χ3v) is 5.42. The molecular formula is C27H26N2O4. The molecule has 33 heavy (non-hydrogen) atoms. The SMILES string of the molecule is CC(OC(=O)/C=C/c1ccc(OCc2ccccn2)cc1)C(=O)N1CCCc2ccccc21. The first-order valence-corrected chi connectivity index (χ1v) is 11.0. The van der Waals surface area contributed by atoms with Crippen molar-refractivity contribution in [1.29, 1.82) is 0 Å². The van der Waals surface area contributed by atoms with Gasteiger partial charge in [-0.1, -0.05) is 36.4 Å². The number of esters is 1. The highest BCUT2D eigenvalue weighted by Gasteiger charge is 2.27. The predicted molar refractivity (Wildman–Crippen MR) is 127 cm³/mol. The van der Waals surface area contributed by atoms with Crippen molar-refractivity contribution in [2.45, 2.75) is 32.5 Å². The van der Waals surface area contributed by atoms with Crippen LogP contribution in [0.2, 0.25) is 0 Å². The van der Waals surface area contributed by atoms with Crippen LogP contribution >= 0.6 is 0 Å². The summed E-state index contributed by atoms with van der Waals surface area (Å²) in [6.45, 7) is 2.62. The van der Waals surface area contributed by atoms with Gasteiger partial charge in [-0.2, -0.15) is 0 Å². The quantitative estimate of drug-likeness (QED) is 0.396. The minimum atomic E-state index is -0.865. The molecule has 0 saturated carbocycles. The van der Waals surface area contributed by atoms with Crippen molar-refractivity contribution in [3.05, 3.63) is 95.8 Å². The zero-order valence-electron chi connectivity index (χ0n) is 18.5. The number of rotatable bonds is 7. The van der Waals surface area contributed by atoms with E-state index < -0.39 is 12.1 Å². The summed E-state index contributed by atoms with van der Waals surface area (Å²) in [6.07, 6.45) is 5.69. The molecule has 1 aromatic heterocycles. The number of fused-ring (bicyclic) bond motifs is 1. The number of carbonyl (C=O) groups is 2. The van der Waals surface area contributed by atoms with Crippen LogP contribution in [0.3, 0.4) is 0 Å². The molecule has 1 unspecified atom stereocenters. The molecule has 2 aromatic carbocycles. The lowest BCUT2D eigenvalue weighted by Gasteiger charge is -2.31. The summed E-state index contributed by atoms with van der Waals surface area (Å²) < 4.78 is 11.1. The summed E-state index contributed by atoms with van der Waals surface area (Å²) in [5, 5.41) is 0. The molecule has 0 saturated heterocycles. The molecule has 0 radical (unpaired) electrons. The molecule has 1 aliphatic heterocycles. The topological polar surface area (TPSA) is 68.7 Å². The molecule has 1 aliphatic rings. The summed E-state index contributed by atoms with van der Waals surface area (Å²) in [6, 6.07) is 20.9. The van der Waals surface area contributed by atoms with Crippen LogP contribution in [-0.4, -0.2) is 29.5 Å². The average molecular weight is 443 g/mol. The van der Waals surface area contributed by atoms with Crippen LogP contribution < -0.4 is 9.64 Å². The van der Waals surface area contributed by atoms with E-state index in [4.69, 9.17) is 9.47 Å². The molecule has 6 heteroatoms. The van der Waals surface area contributed by atoms with Crippen LogP contribution in [0.1, 0.15) is 30.2 Å². The summed E-state index contributed by atoms with van der Waals surface area (Å²) in [4.78, 5) is 31.1. The Morgan fingerprint density at radius 3 is 2.64 bits per heavy atom. The van der Waals surface area contributed by atoms with Gasteiger partial charge >= 0.3 is 5.97 Å². The van der Waals surface area contributed by atoms with E-state index in [9.17, 15) is 9.59 Å². The molecule has 1 atom stereocenters. The number of hydrogen-bond donors (Lipinski definition) is 0. The zero-order valence-corrected chi connectivity index (χ0v) is 18.5. The van der Waals surface area contributed by atoms with Gasteiger partial charge in [-0.25, -0.2) is 4.79 Å². The van der Waals surface area contributed by atoms with Crippen molar-refractivity contribution in [3.63, 3.8) is 0 Å². The lowest BCUT2D eigenvalue weighted by molar-refractivity contribution is -0.149. The first-order chi connectivity index (χ1) is 16.1. The van der Waals surface area contributed by atoms with Gasteiger partial charge in [-0.3, -0.25) is 9.78 Å². The van der Waals surface area contributed by atoms with Crippen molar-refractivity contribution in [3.8, 4) is 5.75 Å². The second-order valence-corrected chi connectivity index (χ2v) is 7.81. The second kappa shape index (κ2) is 10.6. The van der Waals surface area contributed by atoms with Gasteiger partial charge in [0.2, 0.25) is 0 Å². The van der Waals surface area contributed by atoms with E-state index in [1.54, 1.807) is 24.1 Å². The average Bonchev–Trinajstić information content (AvgIpc) is 2.86. The number of ether oxygens (including phenoxy) is 2. The second-order valence-electron chi connectivity index (χ2n) is 7.81. The van der Waals surface area contributed by atoms with Crippen molar-refractivity contribution < 1.29 is 19.1 Å². The standard InChI is InChI=1S/C27H26N2O4/c1-20(27(31)29-18-6-8-22-7-2-3-10-25(22)29)33-26(30)16-13-21-11-14-24(15-12-21)32-19-23-9-4-5-17-28-23/h2-5,7,9-17,20H,6,8,18-19H2,1H3/b16-13+.